The van der Waals surface area contributed by atoms with Crippen LogP contribution in [0.4, 0.5) is 0 Å². The third-order valence-corrected chi connectivity index (χ3v) is 4.84. The SMILES string of the molecule is CC(C1CC1)N(C)C(CN)c1cccc2ccccc12. The average molecular weight is 268 g/mol. The highest BCUT2D eigenvalue weighted by Gasteiger charge is 2.33. The minimum Gasteiger partial charge on any atom is -0.329 e. The van der Waals surface area contributed by atoms with Gasteiger partial charge in [0.05, 0.1) is 0 Å². The van der Waals surface area contributed by atoms with E-state index in [9.17, 15) is 0 Å². The van der Waals surface area contributed by atoms with Crippen LogP contribution in [0.1, 0.15) is 31.4 Å². The Kier molecular flexibility index (Phi) is 3.77. The van der Waals surface area contributed by atoms with Gasteiger partial charge in [-0.2, -0.15) is 0 Å². The van der Waals surface area contributed by atoms with Crippen LogP contribution in [-0.2, 0) is 0 Å². The van der Waals surface area contributed by atoms with Gasteiger partial charge in [-0.05, 0) is 49.1 Å². The normalized spacial score (nSPS) is 18.4. The minimum atomic E-state index is 0.302. The van der Waals surface area contributed by atoms with E-state index >= 15 is 0 Å². The minimum absolute atomic E-state index is 0.302. The number of hydrogen-bond donors (Lipinski definition) is 1. The number of likely N-dealkylation sites (N-methyl/N-ethyl adjacent to an activating group) is 1. The molecule has 0 heterocycles. The second kappa shape index (κ2) is 5.55. The third-order valence-electron chi connectivity index (χ3n) is 4.84. The first-order chi connectivity index (χ1) is 9.72. The van der Waals surface area contributed by atoms with Crippen molar-refractivity contribution >= 4 is 10.8 Å². The highest BCUT2D eigenvalue weighted by molar-refractivity contribution is 5.86. The lowest BCUT2D eigenvalue weighted by atomic mass is 9.96. The van der Waals surface area contributed by atoms with E-state index in [1.165, 1.54) is 29.2 Å². The number of nitrogens with two attached hydrogens (primary N) is 1. The molecule has 2 aromatic rings. The smallest absolute Gasteiger partial charge is 0.0476 e. The molecule has 106 valence electrons. The molecule has 0 amide bonds. The highest BCUT2D eigenvalue weighted by atomic mass is 15.2. The fourth-order valence-corrected chi connectivity index (χ4v) is 3.25. The summed E-state index contributed by atoms with van der Waals surface area (Å²) >= 11 is 0. The molecule has 20 heavy (non-hydrogen) atoms. The van der Waals surface area contributed by atoms with Crippen LogP contribution in [0.15, 0.2) is 42.5 Å². The van der Waals surface area contributed by atoms with Crippen molar-refractivity contribution in [1.29, 1.82) is 0 Å². The second-order valence-corrected chi connectivity index (χ2v) is 6.06. The van der Waals surface area contributed by atoms with Gasteiger partial charge in [0.2, 0.25) is 0 Å². The molecule has 0 spiro atoms. The third kappa shape index (κ3) is 2.46. The summed E-state index contributed by atoms with van der Waals surface area (Å²) in [6.45, 7) is 3.01. The van der Waals surface area contributed by atoms with Crippen LogP contribution in [-0.4, -0.2) is 24.5 Å². The Hall–Kier alpha value is -1.38. The van der Waals surface area contributed by atoms with Crippen molar-refractivity contribution in [1.82, 2.24) is 4.90 Å². The van der Waals surface area contributed by atoms with Gasteiger partial charge >= 0.3 is 0 Å². The molecule has 2 N–H and O–H groups in total. The number of benzene rings is 2. The summed E-state index contributed by atoms with van der Waals surface area (Å²) in [5.41, 5.74) is 7.48. The number of nitrogens with zero attached hydrogens (tertiary/aromatic N) is 1. The summed E-state index contributed by atoms with van der Waals surface area (Å²) < 4.78 is 0. The van der Waals surface area contributed by atoms with Gasteiger partial charge < -0.3 is 5.73 Å². The Morgan fingerprint density at radius 2 is 1.85 bits per heavy atom. The molecule has 1 aliphatic rings. The lowest BCUT2D eigenvalue weighted by Crippen LogP contribution is -2.38. The summed E-state index contributed by atoms with van der Waals surface area (Å²) in [7, 11) is 2.22. The lowest BCUT2D eigenvalue weighted by Gasteiger charge is -2.33. The molecule has 3 rings (SSSR count). The van der Waals surface area contributed by atoms with Crippen LogP contribution < -0.4 is 5.73 Å². The van der Waals surface area contributed by atoms with Gasteiger partial charge in [0.1, 0.15) is 0 Å². The van der Waals surface area contributed by atoms with E-state index in [-0.39, 0.29) is 0 Å². The molecule has 0 saturated heterocycles. The molecule has 2 unspecified atom stereocenters. The maximum atomic E-state index is 6.11. The van der Waals surface area contributed by atoms with Crippen LogP contribution >= 0.6 is 0 Å². The molecule has 0 aliphatic heterocycles. The molecule has 2 aromatic carbocycles. The highest BCUT2D eigenvalue weighted by Crippen LogP contribution is 2.38. The van der Waals surface area contributed by atoms with Crippen molar-refractivity contribution in [2.24, 2.45) is 11.7 Å². The Morgan fingerprint density at radius 1 is 1.15 bits per heavy atom. The molecular formula is C18H24N2. The predicted octanol–water partition coefficient (Wildman–Crippen LogP) is 3.57. The van der Waals surface area contributed by atoms with Crippen molar-refractivity contribution in [2.45, 2.75) is 31.8 Å². The van der Waals surface area contributed by atoms with Crippen LogP contribution in [0, 0.1) is 5.92 Å². The first kappa shape index (κ1) is 13.6. The fourth-order valence-electron chi connectivity index (χ4n) is 3.25. The fraction of sp³-hybridized carbons (Fsp3) is 0.444. The Balaban J connectivity index is 1.98. The molecular weight excluding hydrogens is 244 g/mol. The van der Waals surface area contributed by atoms with Gasteiger partial charge in [0.15, 0.2) is 0 Å². The standard InChI is InChI=1S/C18H24N2/c1-13(14-10-11-14)20(2)18(12-19)17-9-5-7-15-6-3-4-8-16(15)17/h3-9,13-14,18H,10-12,19H2,1-2H3. The Bertz CT molecular complexity index is 583. The number of hydrogen-bond acceptors (Lipinski definition) is 2. The first-order valence-electron chi connectivity index (χ1n) is 7.62. The molecule has 2 nitrogen and oxygen atoms in total. The molecule has 2 heteroatoms. The van der Waals surface area contributed by atoms with Crippen LogP contribution in [0.3, 0.4) is 0 Å². The number of rotatable bonds is 5. The van der Waals surface area contributed by atoms with E-state index < -0.39 is 0 Å². The summed E-state index contributed by atoms with van der Waals surface area (Å²) in [6.07, 6.45) is 2.75. The Labute approximate surface area is 121 Å². The maximum Gasteiger partial charge on any atom is 0.0476 e. The van der Waals surface area contributed by atoms with Crippen molar-refractivity contribution in [3.05, 3.63) is 48.0 Å². The zero-order chi connectivity index (χ0) is 14.1. The van der Waals surface area contributed by atoms with Crippen LogP contribution in [0.2, 0.25) is 0 Å². The lowest BCUT2D eigenvalue weighted by molar-refractivity contribution is 0.172. The quantitative estimate of drug-likeness (QED) is 0.898. The van der Waals surface area contributed by atoms with E-state index in [2.05, 4.69) is 61.3 Å². The summed E-state index contributed by atoms with van der Waals surface area (Å²) in [5.74, 6) is 0.865. The molecule has 0 aromatic heterocycles. The van der Waals surface area contributed by atoms with Gasteiger partial charge in [-0.1, -0.05) is 42.5 Å². The summed E-state index contributed by atoms with van der Waals surface area (Å²) in [6, 6.07) is 16.1. The maximum absolute atomic E-state index is 6.11. The van der Waals surface area contributed by atoms with E-state index in [0.29, 0.717) is 18.6 Å². The van der Waals surface area contributed by atoms with E-state index in [1.807, 2.05) is 0 Å². The molecule has 1 fully saturated rings. The zero-order valence-electron chi connectivity index (χ0n) is 12.4. The van der Waals surface area contributed by atoms with Gasteiger partial charge in [0.25, 0.3) is 0 Å². The topological polar surface area (TPSA) is 29.3 Å². The molecule has 0 bridgehead atoms. The summed E-state index contributed by atoms with van der Waals surface area (Å²) in [5, 5.41) is 2.64. The number of fused-ring (bicyclic) bond motifs is 1. The summed E-state index contributed by atoms with van der Waals surface area (Å²) in [4.78, 5) is 2.47. The molecule has 2 atom stereocenters. The predicted molar refractivity (Wildman–Crippen MR) is 85.7 cm³/mol. The zero-order valence-corrected chi connectivity index (χ0v) is 12.4. The van der Waals surface area contributed by atoms with Gasteiger partial charge in [-0.15, -0.1) is 0 Å². The Morgan fingerprint density at radius 3 is 2.55 bits per heavy atom. The van der Waals surface area contributed by atoms with Gasteiger partial charge in [0, 0.05) is 18.6 Å². The monoisotopic (exact) mass is 268 g/mol. The van der Waals surface area contributed by atoms with Crippen LogP contribution in [0.25, 0.3) is 10.8 Å². The average Bonchev–Trinajstić information content (AvgIpc) is 3.32. The largest absolute Gasteiger partial charge is 0.329 e. The van der Waals surface area contributed by atoms with E-state index in [4.69, 9.17) is 5.73 Å². The van der Waals surface area contributed by atoms with E-state index in [0.717, 1.165) is 5.92 Å². The van der Waals surface area contributed by atoms with Crippen molar-refractivity contribution in [3.8, 4) is 0 Å². The van der Waals surface area contributed by atoms with Crippen molar-refractivity contribution in [3.63, 3.8) is 0 Å². The first-order valence-corrected chi connectivity index (χ1v) is 7.62. The van der Waals surface area contributed by atoms with Gasteiger partial charge in [-0.3, -0.25) is 4.90 Å². The van der Waals surface area contributed by atoms with E-state index in [1.54, 1.807) is 0 Å². The molecule has 0 radical (unpaired) electrons. The van der Waals surface area contributed by atoms with Crippen molar-refractivity contribution < 1.29 is 0 Å². The van der Waals surface area contributed by atoms with Gasteiger partial charge in [-0.25, -0.2) is 0 Å². The molecule has 1 aliphatic carbocycles. The molecule has 1 saturated carbocycles. The van der Waals surface area contributed by atoms with Crippen LogP contribution in [0.5, 0.6) is 0 Å². The van der Waals surface area contributed by atoms with Crippen molar-refractivity contribution in [2.75, 3.05) is 13.6 Å². The second-order valence-electron chi connectivity index (χ2n) is 6.06.